The number of fused-ring (bicyclic) bond motifs is 2. The highest BCUT2D eigenvalue weighted by Gasteiger charge is 2.27. The fourth-order valence-corrected chi connectivity index (χ4v) is 3.27. The molecule has 3 nitrogen and oxygen atoms in total. The molecule has 1 aromatic carbocycles. The maximum Gasteiger partial charge on any atom is 0.195 e. The maximum absolute atomic E-state index is 11.8. The van der Waals surface area contributed by atoms with Crippen molar-refractivity contribution in [2.75, 3.05) is 12.3 Å². The van der Waals surface area contributed by atoms with Crippen LogP contribution in [0.1, 0.15) is 12.0 Å². The van der Waals surface area contributed by atoms with Gasteiger partial charge in [-0.25, -0.2) is 4.99 Å². The summed E-state index contributed by atoms with van der Waals surface area (Å²) in [6.45, 7) is 1.85. The molecule has 0 bridgehead atoms. The Kier molecular flexibility index (Phi) is 2.09. The molecular weight excluding hydrogens is 208 g/mol. The van der Waals surface area contributed by atoms with E-state index in [1.165, 1.54) is 5.56 Å². The molecule has 3 rings (SSSR count). The lowest BCUT2D eigenvalue weighted by atomic mass is 10.1. The van der Waals surface area contributed by atoms with Crippen LogP contribution in [0.3, 0.4) is 0 Å². The third-order valence-corrected chi connectivity index (χ3v) is 4.22. The van der Waals surface area contributed by atoms with Crippen LogP contribution in [-0.4, -0.2) is 26.6 Å². The van der Waals surface area contributed by atoms with Crippen LogP contribution in [0.25, 0.3) is 0 Å². The molecule has 0 spiro atoms. The van der Waals surface area contributed by atoms with Gasteiger partial charge in [-0.1, -0.05) is 18.2 Å². The van der Waals surface area contributed by atoms with E-state index < -0.39 is 10.8 Å². The largest absolute Gasteiger partial charge is 0.345 e. The molecule has 1 aromatic rings. The Labute approximate surface area is 91.3 Å². The van der Waals surface area contributed by atoms with Crippen LogP contribution in [0.2, 0.25) is 0 Å². The van der Waals surface area contributed by atoms with Crippen molar-refractivity contribution in [3.63, 3.8) is 0 Å². The van der Waals surface area contributed by atoms with Crippen molar-refractivity contribution in [2.45, 2.75) is 13.0 Å². The predicted molar refractivity (Wildman–Crippen MR) is 61.6 cm³/mol. The minimum Gasteiger partial charge on any atom is -0.345 e. The standard InChI is InChI=1S/C11H12N2OS/c14-15-7-3-6-13-8-9-4-1-2-5-10(9)12-11(13)15/h1-2,4-5H,3,6-8H2. The molecule has 0 amide bonds. The average Bonchev–Trinajstić information content (AvgIpc) is 2.27. The van der Waals surface area contributed by atoms with Crippen LogP contribution in [0, 0.1) is 0 Å². The van der Waals surface area contributed by atoms with E-state index in [-0.39, 0.29) is 0 Å². The zero-order valence-corrected chi connectivity index (χ0v) is 9.17. The molecule has 0 aromatic heterocycles. The summed E-state index contributed by atoms with van der Waals surface area (Å²) >= 11 is 0. The number of rotatable bonds is 0. The topological polar surface area (TPSA) is 32.7 Å². The molecule has 15 heavy (non-hydrogen) atoms. The van der Waals surface area contributed by atoms with Gasteiger partial charge in [-0.15, -0.1) is 0 Å². The van der Waals surface area contributed by atoms with Gasteiger partial charge in [0.05, 0.1) is 16.5 Å². The predicted octanol–water partition coefficient (Wildman–Crippen LogP) is 1.64. The molecule has 2 aliphatic heterocycles. The van der Waals surface area contributed by atoms with Gasteiger partial charge in [0, 0.05) is 18.8 Å². The Morgan fingerprint density at radius 3 is 3.13 bits per heavy atom. The summed E-state index contributed by atoms with van der Waals surface area (Å²) in [5.74, 6) is 0.761. The molecule has 1 saturated heterocycles. The normalized spacial score (nSPS) is 24.1. The van der Waals surface area contributed by atoms with Gasteiger partial charge >= 0.3 is 0 Å². The van der Waals surface area contributed by atoms with Crippen LogP contribution in [0.4, 0.5) is 5.69 Å². The summed E-state index contributed by atoms with van der Waals surface area (Å²) in [6.07, 6.45) is 1.01. The molecule has 0 saturated carbocycles. The molecule has 4 heteroatoms. The minimum absolute atomic E-state index is 0.761. The van der Waals surface area contributed by atoms with Crippen molar-refractivity contribution in [2.24, 2.45) is 4.99 Å². The lowest BCUT2D eigenvalue weighted by Gasteiger charge is -2.32. The zero-order chi connectivity index (χ0) is 10.3. The summed E-state index contributed by atoms with van der Waals surface area (Å²) in [4.78, 5) is 6.63. The van der Waals surface area contributed by atoms with Gasteiger partial charge in [0.1, 0.15) is 0 Å². The van der Waals surface area contributed by atoms with E-state index in [9.17, 15) is 4.21 Å². The summed E-state index contributed by atoms with van der Waals surface area (Å²) < 4.78 is 11.8. The monoisotopic (exact) mass is 220 g/mol. The van der Waals surface area contributed by atoms with Gasteiger partial charge in [0.2, 0.25) is 0 Å². The van der Waals surface area contributed by atoms with Crippen LogP contribution < -0.4 is 0 Å². The van der Waals surface area contributed by atoms with Crippen molar-refractivity contribution >= 4 is 21.7 Å². The van der Waals surface area contributed by atoms with Gasteiger partial charge in [-0.2, -0.15) is 0 Å². The van der Waals surface area contributed by atoms with Crippen molar-refractivity contribution in [1.82, 2.24) is 4.90 Å². The first-order valence-corrected chi connectivity index (χ1v) is 6.46. The number of amidine groups is 1. The smallest absolute Gasteiger partial charge is 0.195 e. The summed E-state index contributed by atoms with van der Waals surface area (Å²) in [5, 5.41) is 0.778. The van der Waals surface area contributed by atoms with E-state index in [4.69, 9.17) is 0 Å². The molecule has 78 valence electrons. The van der Waals surface area contributed by atoms with Crippen LogP contribution in [0.15, 0.2) is 29.3 Å². The molecule has 0 aliphatic carbocycles. The summed E-state index contributed by atoms with van der Waals surface area (Å²) in [7, 11) is -0.888. The lowest BCUT2D eigenvalue weighted by Crippen LogP contribution is -2.41. The van der Waals surface area contributed by atoms with Gasteiger partial charge in [-0.05, 0) is 18.1 Å². The van der Waals surface area contributed by atoms with E-state index in [1.54, 1.807) is 0 Å². The Balaban J connectivity index is 2.08. The average molecular weight is 220 g/mol. The SMILES string of the molecule is O=S1CCCN2Cc3ccccc3N=C21. The lowest BCUT2D eigenvalue weighted by molar-refractivity contribution is 0.407. The number of nitrogens with zero attached hydrogens (tertiary/aromatic N) is 2. The number of hydrogen-bond donors (Lipinski definition) is 0. The molecule has 1 atom stereocenters. The van der Waals surface area contributed by atoms with Crippen LogP contribution in [0.5, 0.6) is 0 Å². The molecule has 1 unspecified atom stereocenters. The van der Waals surface area contributed by atoms with E-state index in [0.717, 1.165) is 36.1 Å². The second-order valence-electron chi connectivity index (χ2n) is 3.85. The van der Waals surface area contributed by atoms with Crippen molar-refractivity contribution < 1.29 is 4.21 Å². The second-order valence-corrected chi connectivity index (χ2v) is 5.31. The number of para-hydroxylation sites is 1. The maximum atomic E-state index is 11.8. The molecule has 0 radical (unpaired) electrons. The van der Waals surface area contributed by atoms with E-state index in [2.05, 4.69) is 16.0 Å². The first-order valence-electron chi connectivity index (χ1n) is 5.14. The summed E-state index contributed by atoms with van der Waals surface area (Å²) in [6, 6.07) is 8.09. The fourth-order valence-electron chi connectivity index (χ4n) is 2.05. The Hall–Kier alpha value is -1.16. The summed E-state index contributed by atoms with van der Waals surface area (Å²) in [5.41, 5.74) is 2.22. The highest BCUT2D eigenvalue weighted by atomic mass is 32.2. The van der Waals surface area contributed by atoms with E-state index in [1.807, 2.05) is 18.2 Å². The quantitative estimate of drug-likeness (QED) is 0.666. The Bertz CT molecular complexity index is 456. The van der Waals surface area contributed by atoms with Gasteiger partial charge < -0.3 is 4.90 Å². The highest BCUT2D eigenvalue weighted by Crippen LogP contribution is 2.28. The van der Waals surface area contributed by atoms with Crippen LogP contribution >= 0.6 is 0 Å². The number of benzene rings is 1. The Morgan fingerprint density at radius 2 is 2.20 bits per heavy atom. The Morgan fingerprint density at radius 1 is 1.33 bits per heavy atom. The third-order valence-electron chi connectivity index (χ3n) is 2.80. The second kappa shape index (κ2) is 3.45. The van der Waals surface area contributed by atoms with Crippen molar-refractivity contribution in [3.05, 3.63) is 29.8 Å². The van der Waals surface area contributed by atoms with E-state index >= 15 is 0 Å². The minimum atomic E-state index is -0.888. The van der Waals surface area contributed by atoms with Crippen LogP contribution in [-0.2, 0) is 17.3 Å². The molecule has 1 fully saturated rings. The van der Waals surface area contributed by atoms with Gasteiger partial charge in [-0.3, -0.25) is 4.21 Å². The molecular formula is C11H12N2OS. The van der Waals surface area contributed by atoms with E-state index in [0.29, 0.717) is 0 Å². The molecule has 2 aliphatic rings. The van der Waals surface area contributed by atoms with Gasteiger partial charge in [0.15, 0.2) is 5.17 Å². The first-order chi connectivity index (χ1) is 7.34. The molecule has 2 heterocycles. The third kappa shape index (κ3) is 1.49. The first kappa shape index (κ1) is 9.09. The number of hydrogen-bond acceptors (Lipinski definition) is 3. The fraction of sp³-hybridized carbons (Fsp3) is 0.364. The zero-order valence-electron chi connectivity index (χ0n) is 8.35. The van der Waals surface area contributed by atoms with Crippen molar-refractivity contribution in [1.29, 1.82) is 0 Å². The highest BCUT2D eigenvalue weighted by molar-refractivity contribution is 8.00. The number of aliphatic imine (C=N–C) groups is 1. The van der Waals surface area contributed by atoms with Gasteiger partial charge in [0.25, 0.3) is 0 Å². The molecule has 0 N–H and O–H groups in total. The van der Waals surface area contributed by atoms with Crippen molar-refractivity contribution in [3.8, 4) is 0 Å².